The van der Waals surface area contributed by atoms with Crippen LogP contribution in [0.2, 0.25) is 0 Å². The first kappa shape index (κ1) is 15.0. The van der Waals surface area contributed by atoms with E-state index >= 15 is 0 Å². The number of nitrogens with zero attached hydrogens (tertiary/aromatic N) is 1. The Morgan fingerprint density at radius 1 is 1.36 bits per heavy atom. The molecular weight excluding hydrogens is 296 g/mol. The lowest BCUT2D eigenvalue weighted by molar-refractivity contribution is -0.121. The Morgan fingerprint density at radius 3 is 2.77 bits per heavy atom. The lowest BCUT2D eigenvalue weighted by Gasteiger charge is -2.28. The zero-order chi connectivity index (χ0) is 15.6. The minimum Gasteiger partial charge on any atom is -0.497 e. The van der Waals surface area contributed by atoms with E-state index in [0.29, 0.717) is 0 Å². The number of carbonyl (C=O) groups is 1. The number of rotatable bonds is 4. The van der Waals surface area contributed by atoms with Crippen LogP contribution in [-0.2, 0) is 10.2 Å². The molecule has 0 spiro atoms. The van der Waals surface area contributed by atoms with Crippen LogP contribution in [0.25, 0.3) is 0 Å². The van der Waals surface area contributed by atoms with Gasteiger partial charge in [-0.25, -0.2) is 4.98 Å². The van der Waals surface area contributed by atoms with Gasteiger partial charge in [-0.15, -0.1) is 11.3 Å². The van der Waals surface area contributed by atoms with E-state index in [1.165, 1.54) is 11.3 Å². The number of hydrogen-bond acceptors (Lipinski definition) is 4. The zero-order valence-corrected chi connectivity index (χ0v) is 13.7. The maximum atomic E-state index is 13.0. The van der Waals surface area contributed by atoms with Gasteiger partial charge in [-0.05, 0) is 37.5 Å². The zero-order valence-electron chi connectivity index (χ0n) is 12.9. The van der Waals surface area contributed by atoms with Crippen LogP contribution >= 0.6 is 11.3 Å². The molecule has 1 aliphatic rings. The molecule has 1 aromatic heterocycles. The molecule has 3 rings (SSSR count). The molecule has 1 saturated carbocycles. The van der Waals surface area contributed by atoms with Crippen molar-refractivity contribution in [2.24, 2.45) is 0 Å². The van der Waals surface area contributed by atoms with Crippen molar-refractivity contribution in [1.29, 1.82) is 0 Å². The van der Waals surface area contributed by atoms with Crippen LogP contribution in [0.4, 0.5) is 5.00 Å². The van der Waals surface area contributed by atoms with Crippen molar-refractivity contribution in [3.05, 3.63) is 41.0 Å². The number of benzene rings is 1. The van der Waals surface area contributed by atoms with Crippen molar-refractivity contribution in [2.75, 3.05) is 12.4 Å². The van der Waals surface area contributed by atoms with Gasteiger partial charge in [0.25, 0.3) is 0 Å². The van der Waals surface area contributed by atoms with E-state index in [0.717, 1.165) is 47.0 Å². The summed E-state index contributed by atoms with van der Waals surface area (Å²) in [6.07, 6.45) is 5.64. The number of methoxy groups -OCH3 is 1. The van der Waals surface area contributed by atoms with Crippen molar-refractivity contribution in [2.45, 2.75) is 38.0 Å². The van der Waals surface area contributed by atoms with Crippen LogP contribution in [0.5, 0.6) is 5.75 Å². The smallest absolute Gasteiger partial charge is 0.235 e. The Balaban J connectivity index is 1.91. The number of aryl methyl sites for hydroxylation is 1. The summed E-state index contributed by atoms with van der Waals surface area (Å²) in [5, 5.41) is 4.83. The minimum atomic E-state index is -0.452. The molecule has 1 amide bonds. The second-order valence-corrected chi connectivity index (χ2v) is 6.95. The highest BCUT2D eigenvalue weighted by Crippen LogP contribution is 2.43. The Hall–Kier alpha value is -1.88. The first-order chi connectivity index (χ1) is 10.6. The van der Waals surface area contributed by atoms with Gasteiger partial charge in [0, 0.05) is 0 Å². The highest BCUT2D eigenvalue weighted by Gasteiger charge is 2.43. The third-order valence-corrected chi connectivity index (χ3v) is 5.20. The highest BCUT2D eigenvalue weighted by molar-refractivity contribution is 7.15. The van der Waals surface area contributed by atoms with Crippen molar-refractivity contribution in [3.8, 4) is 5.75 Å². The van der Waals surface area contributed by atoms with Gasteiger partial charge in [-0.1, -0.05) is 25.0 Å². The van der Waals surface area contributed by atoms with E-state index in [1.807, 2.05) is 31.2 Å². The monoisotopic (exact) mass is 316 g/mol. The van der Waals surface area contributed by atoms with Gasteiger partial charge in [-0.3, -0.25) is 4.79 Å². The molecule has 1 heterocycles. The normalized spacial score (nSPS) is 16.5. The SMILES string of the molecule is COc1cccc(C2(C(=O)Nc3cnc(C)s3)CCCC2)c1. The fourth-order valence-electron chi connectivity index (χ4n) is 3.20. The number of hydrogen-bond donors (Lipinski definition) is 1. The van der Waals surface area contributed by atoms with E-state index in [9.17, 15) is 4.79 Å². The fourth-order valence-corrected chi connectivity index (χ4v) is 3.87. The van der Waals surface area contributed by atoms with Crippen molar-refractivity contribution >= 4 is 22.2 Å². The Bertz CT molecular complexity index is 675. The van der Waals surface area contributed by atoms with Crippen LogP contribution in [0.1, 0.15) is 36.3 Å². The standard InChI is InChI=1S/C17H20N2O2S/c1-12-18-11-15(22-12)19-16(20)17(8-3-4-9-17)13-6-5-7-14(10-13)21-2/h5-7,10-11H,3-4,8-9H2,1-2H3,(H,19,20). The average molecular weight is 316 g/mol. The van der Waals surface area contributed by atoms with Crippen LogP contribution in [0.15, 0.2) is 30.5 Å². The molecule has 0 radical (unpaired) electrons. The summed E-state index contributed by atoms with van der Waals surface area (Å²) >= 11 is 1.51. The summed E-state index contributed by atoms with van der Waals surface area (Å²) in [5.74, 6) is 0.868. The molecule has 116 valence electrons. The Kier molecular flexibility index (Phi) is 4.16. The van der Waals surface area contributed by atoms with E-state index in [1.54, 1.807) is 13.3 Å². The first-order valence-electron chi connectivity index (χ1n) is 7.52. The highest BCUT2D eigenvalue weighted by atomic mass is 32.1. The molecule has 1 aromatic carbocycles. The number of thiazole rings is 1. The van der Waals surface area contributed by atoms with Crippen molar-refractivity contribution < 1.29 is 9.53 Å². The summed E-state index contributed by atoms with van der Waals surface area (Å²) in [5.41, 5.74) is 0.593. The molecular formula is C17H20N2O2S. The predicted octanol–water partition coefficient (Wildman–Crippen LogP) is 3.91. The van der Waals surface area contributed by atoms with Crippen LogP contribution in [0.3, 0.4) is 0 Å². The van der Waals surface area contributed by atoms with Gasteiger partial charge in [0.2, 0.25) is 5.91 Å². The van der Waals surface area contributed by atoms with Crippen LogP contribution in [-0.4, -0.2) is 18.0 Å². The van der Waals surface area contributed by atoms with E-state index in [4.69, 9.17) is 4.74 Å². The molecule has 1 fully saturated rings. The molecule has 0 aliphatic heterocycles. The molecule has 0 bridgehead atoms. The minimum absolute atomic E-state index is 0.0712. The summed E-state index contributed by atoms with van der Waals surface area (Å²) < 4.78 is 5.32. The number of carbonyl (C=O) groups excluding carboxylic acids is 1. The molecule has 0 saturated heterocycles. The van der Waals surface area contributed by atoms with Gasteiger partial charge < -0.3 is 10.1 Å². The molecule has 0 atom stereocenters. The Labute approximate surface area is 134 Å². The molecule has 4 nitrogen and oxygen atoms in total. The first-order valence-corrected chi connectivity index (χ1v) is 8.34. The number of ether oxygens (including phenoxy) is 1. The second kappa shape index (κ2) is 6.08. The summed E-state index contributed by atoms with van der Waals surface area (Å²) in [4.78, 5) is 17.2. The van der Waals surface area contributed by atoms with Crippen molar-refractivity contribution in [1.82, 2.24) is 4.98 Å². The van der Waals surface area contributed by atoms with Gasteiger partial charge >= 0.3 is 0 Å². The quantitative estimate of drug-likeness (QED) is 0.930. The summed E-state index contributed by atoms with van der Waals surface area (Å²) in [6.45, 7) is 1.94. The Morgan fingerprint density at radius 2 is 2.14 bits per heavy atom. The van der Waals surface area contributed by atoms with E-state index < -0.39 is 5.41 Å². The van der Waals surface area contributed by atoms with Gasteiger partial charge in [0.05, 0.1) is 23.7 Å². The van der Waals surface area contributed by atoms with E-state index in [-0.39, 0.29) is 5.91 Å². The van der Waals surface area contributed by atoms with Gasteiger partial charge in [0.15, 0.2) is 0 Å². The summed E-state index contributed by atoms with van der Waals surface area (Å²) in [6, 6.07) is 7.89. The second-order valence-electron chi connectivity index (χ2n) is 5.72. The maximum Gasteiger partial charge on any atom is 0.235 e. The number of amides is 1. The van der Waals surface area contributed by atoms with Gasteiger partial charge in [0.1, 0.15) is 10.8 Å². The van der Waals surface area contributed by atoms with Crippen LogP contribution in [0, 0.1) is 6.92 Å². The largest absolute Gasteiger partial charge is 0.497 e. The number of aromatic nitrogens is 1. The molecule has 1 N–H and O–H groups in total. The van der Waals surface area contributed by atoms with Crippen molar-refractivity contribution in [3.63, 3.8) is 0 Å². The molecule has 0 unspecified atom stereocenters. The lowest BCUT2D eigenvalue weighted by atomic mass is 9.78. The summed E-state index contributed by atoms with van der Waals surface area (Å²) in [7, 11) is 1.65. The van der Waals surface area contributed by atoms with Gasteiger partial charge in [-0.2, -0.15) is 0 Å². The predicted molar refractivity (Wildman–Crippen MR) is 88.6 cm³/mol. The third-order valence-electron chi connectivity index (χ3n) is 4.37. The molecule has 1 aliphatic carbocycles. The maximum absolute atomic E-state index is 13.0. The number of nitrogens with one attached hydrogen (secondary N) is 1. The molecule has 2 aromatic rings. The molecule has 5 heteroatoms. The third kappa shape index (κ3) is 2.73. The van der Waals surface area contributed by atoms with Crippen LogP contribution < -0.4 is 10.1 Å². The number of anilines is 1. The topological polar surface area (TPSA) is 51.2 Å². The van der Waals surface area contributed by atoms with E-state index in [2.05, 4.69) is 10.3 Å². The lowest BCUT2D eigenvalue weighted by Crippen LogP contribution is -2.37. The average Bonchev–Trinajstić information content (AvgIpc) is 3.17. The fraction of sp³-hybridized carbons (Fsp3) is 0.412. The molecule has 22 heavy (non-hydrogen) atoms.